The van der Waals surface area contributed by atoms with Crippen LogP contribution in [-0.2, 0) is 11.2 Å². The maximum absolute atomic E-state index is 12.0. The van der Waals surface area contributed by atoms with E-state index in [1.807, 2.05) is 25.1 Å². The van der Waals surface area contributed by atoms with Crippen molar-refractivity contribution in [3.05, 3.63) is 35.9 Å². The minimum atomic E-state index is -0.416. The SMILES string of the molecule is CC1(C#N)CCC(CCc2ccccc2)C(=O)C1. The number of Topliss-reactive ketones (excluding diaryl/α,β-unsaturated/α-hetero) is 1. The minimum absolute atomic E-state index is 0.159. The Morgan fingerprint density at radius 1 is 1.39 bits per heavy atom. The lowest BCUT2D eigenvalue weighted by atomic mass is 9.71. The van der Waals surface area contributed by atoms with Gasteiger partial charge in [-0.3, -0.25) is 4.79 Å². The van der Waals surface area contributed by atoms with Crippen LogP contribution in [0.3, 0.4) is 0 Å². The molecule has 2 heteroatoms. The van der Waals surface area contributed by atoms with Crippen LogP contribution in [0.5, 0.6) is 0 Å². The Morgan fingerprint density at radius 2 is 2.11 bits per heavy atom. The first-order valence-electron chi connectivity index (χ1n) is 6.61. The van der Waals surface area contributed by atoms with Crippen LogP contribution in [0.25, 0.3) is 0 Å². The van der Waals surface area contributed by atoms with E-state index in [0.29, 0.717) is 6.42 Å². The van der Waals surface area contributed by atoms with Gasteiger partial charge in [0, 0.05) is 12.3 Å². The fraction of sp³-hybridized carbons (Fsp3) is 0.500. The summed E-state index contributed by atoms with van der Waals surface area (Å²) in [5.74, 6) is 0.438. The minimum Gasteiger partial charge on any atom is -0.299 e. The molecule has 0 amide bonds. The lowest BCUT2D eigenvalue weighted by molar-refractivity contribution is -0.127. The predicted molar refractivity (Wildman–Crippen MR) is 70.8 cm³/mol. The third-order valence-corrected chi connectivity index (χ3v) is 3.96. The second-order valence-electron chi connectivity index (χ2n) is 5.58. The molecule has 1 saturated carbocycles. The van der Waals surface area contributed by atoms with Gasteiger partial charge in [0.25, 0.3) is 0 Å². The first-order valence-corrected chi connectivity index (χ1v) is 6.61. The highest BCUT2D eigenvalue weighted by atomic mass is 16.1. The molecule has 0 aliphatic heterocycles. The summed E-state index contributed by atoms with van der Waals surface area (Å²) < 4.78 is 0. The molecular weight excluding hydrogens is 222 g/mol. The third kappa shape index (κ3) is 2.98. The fourth-order valence-electron chi connectivity index (χ4n) is 2.66. The van der Waals surface area contributed by atoms with Crippen LogP contribution in [0.15, 0.2) is 30.3 Å². The van der Waals surface area contributed by atoms with E-state index in [-0.39, 0.29) is 11.7 Å². The average Bonchev–Trinajstić information content (AvgIpc) is 2.39. The summed E-state index contributed by atoms with van der Waals surface area (Å²) in [5, 5.41) is 9.06. The zero-order valence-electron chi connectivity index (χ0n) is 10.9. The van der Waals surface area contributed by atoms with Crippen molar-refractivity contribution in [1.29, 1.82) is 5.26 Å². The average molecular weight is 241 g/mol. The smallest absolute Gasteiger partial charge is 0.137 e. The Kier molecular flexibility index (Phi) is 3.81. The molecule has 0 bridgehead atoms. The summed E-state index contributed by atoms with van der Waals surface area (Å²) in [4.78, 5) is 12.0. The molecule has 0 N–H and O–H groups in total. The van der Waals surface area contributed by atoms with E-state index in [2.05, 4.69) is 18.2 Å². The van der Waals surface area contributed by atoms with Gasteiger partial charge in [-0.1, -0.05) is 30.3 Å². The highest BCUT2D eigenvalue weighted by Crippen LogP contribution is 2.37. The van der Waals surface area contributed by atoms with E-state index in [0.717, 1.165) is 25.7 Å². The summed E-state index contributed by atoms with van der Waals surface area (Å²) >= 11 is 0. The summed E-state index contributed by atoms with van der Waals surface area (Å²) in [6, 6.07) is 12.6. The molecule has 0 aromatic heterocycles. The molecule has 1 fully saturated rings. The monoisotopic (exact) mass is 241 g/mol. The van der Waals surface area contributed by atoms with E-state index < -0.39 is 5.41 Å². The van der Waals surface area contributed by atoms with Crippen LogP contribution >= 0.6 is 0 Å². The number of hydrogen-bond donors (Lipinski definition) is 0. The van der Waals surface area contributed by atoms with Gasteiger partial charge in [-0.25, -0.2) is 0 Å². The summed E-state index contributed by atoms with van der Waals surface area (Å²) in [5.41, 5.74) is 0.874. The van der Waals surface area contributed by atoms with Crippen molar-refractivity contribution >= 4 is 5.78 Å². The van der Waals surface area contributed by atoms with E-state index in [9.17, 15) is 4.79 Å². The molecule has 18 heavy (non-hydrogen) atoms. The first kappa shape index (κ1) is 12.8. The highest BCUT2D eigenvalue weighted by Gasteiger charge is 2.36. The van der Waals surface area contributed by atoms with Crippen molar-refractivity contribution in [3.8, 4) is 6.07 Å². The number of ketones is 1. The summed E-state index contributed by atoms with van der Waals surface area (Å²) in [6.07, 6.45) is 4.04. The Bertz CT molecular complexity index is 460. The highest BCUT2D eigenvalue weighted by molar-refractivity contribution is 5.82. The number of aryl methyl sites for hydroxylation is 1. The summed E-state index contributed by atoms with van der Waals surface area (Å²) in [6.45, 7) is 1.90. The third-order valence-electron chi connectivity index (χ3n) is 3.96. The second-order valence-corrected chi connectivity index (χ2v) is 5.58. The number of carbonyl (C=O) groups excluding carboxylic acids is 1. The van der Waals surface area contributed by atoms with Crippen LogP contribution in [0.1, 0.15) is 38.2 Å². The largest absolute Gasteiger partial charge is 0.299 e. The molecule has 1 aliphatic rings. The van der Waals surface area contributed by atoms with Gasteiger partial charge >= 0.3 is 0 Å². The van der Waals surface area contributed by atoms with Gasteiger partial charge in [-0.05, 0) is 38.2 Å². The van der Waals surface area contributed by atoms with Gasteiger partial charge in [0.1, 0.15) is 5.78 Å². The van der Waals surface area contributed by atoms with Crippen LogP contribution in [0.4, 0.5) is 0 Å². The van der Waals surface area contributed by atoms with Crippen molar-refractivity contribution in [3.63, 3.8) is 0 Å². The molecule has 94 valence electrons. The van der Waals surface area contributed by atoms with Crippen LogP contribution in [0, 0.1) is 22.7 Å². The zero-order chi connectivity index (χ0) is 13.0. The number of nitriles is 1. The van der Waals surface area contributed by atoms with Gasteiger partial charge < -0.3 is 0 Å². The standard InChI is InChI=1S/C16H19NO/c1-16(12-17)10-9-14(15(18)11-16)8-7-13-5-3-2-4-6-13/h2-6,14H,7-11H2,1H3. The second kappa shape index (κ2) is 5.35. The van der Waals surface area contributed by atoms with Crippen LogP contribution < -0.4 is 0 Å². The van der Waals surface area contributed by atoms with Crippen molar-refractivity contribution in [2.24, 2.45) is 11.3 Å². The lowest BCUT2D eigenvalue weighted by Crippen LogP contribution is -2.31. The molecule has 0 spiro atoms. The molecule has 0 radical (unpaired) electrons. The zero-order valence-corrected chi connectivity index (χ0v) is 10.9. The molecule has 1 aromatic carbocycles. The predicted octanol–water partition coefficient (Wildman–Crippen LogP) is 3.52. The van der Waals surface area contributed by atoms with Crippen LogP contribution in [0.2, 0.25) is 0 Å². The molecule has 2 unspecified atom stereocenters. The molecule has 1 aromatic rings. The van der Waals surface area contributed by atoms with Gasteiger partial charge in [-0.15, -0.1) is 0 Å². The van der Waals surface area contributed by atoms with Crippen LogP contribution in [-0.4, -0.2) is 5.78 Å². The van der Waals surface area contributed by atoms with Gasteiger partial charge in [0.05, 0.1) is 11.5 Å². The molecule has 0 saturated heterocycles. The maximum atomic E-state index is 12.0. The van der Waals surface area contributed by atoms with E-state index >= 15 is 0 Å². The first-order chi connectivity index (χ1) is 8.63. The molecule has 2 rings (SSSR count). The van der Waals surface area contributed by atoms with E-state index in [1.54, 1.807) is 0 Å². The topological polar surface area (TPSA) is 40.9 Å². The van der Waals surface area contributed by atoms with Crippen molar-refractivity contribution in [1.82, 2.24) is 0 Å². The summed E-state index contributed by atoms with van der Waals surface area (Å²) in [7, 11) is 0. The quantitative estimate of drug-likeness (QED) is 0.812. The number of benzene rings is 1. The molecular formula is C16H19NO. The molecule has 2 atom stereocenters. The van der Waals surface area contributed by atoms with Crippen molar-refractivity contribution in [2.75, 3.05) is 0 Å². The lowest BCUT2D eigenvalue weighted by Gasteiger charge is -2.30. The molecule has 2 nitrogen and oxygen atoms in total. The number of hydrogen-bond acceptors (Lipinski definition) is 2. The Hall–Kier alpha value is -1.62. The van der Waals surface area contributed by atoms with Gasteiger partial charge in [0.2, 0.25) is 0 Å². The van der Waals surface area contributed by atoms with Gasteiger partial charge in [0.15, 0.2) is 0 Å². The Morgan fingerprint density at radius 3 is 2.72 bits per heavy atom. The maximum Gasteiger partial charge on any atom is 0.137 e. The normalized spacial score (nSPS) is 27.8. The number of rotatable bonds is 3. The Labute approximate surface area is 109 Å². The number of carbonyl (C=O) groups is 1. The van der Waals surface area contributed by atoms with E-state index in [4.69, 9.17) is 5.26 Å². The van der Waals surface area contributed by atoms with Crippen molar-refractivity contribution in [2.45, 2.75) is 39.0 Å². The van der Waals surface area contributed by atoms with Crippen molar-refractivity contribution < 1.29 is 4.79 Å². The molecule has 0 heterocycles. The number of nitrogens with zero attached hydrogens (tertiary/aromatic N) is 1. The van der Waals surface area contributed by atoms with E-state index in [1.165, 1.54) is 5.56 Å². The fourth-order valence-corrected chi connectivity index (χ4v) is 2.66. The van der Waals surface area contributed by atoms with Gasteiger partial charge in [-0.2, -0.15) is 5.26 Å². The molecule has 1 aliphatic carbocycles. The Balaban J connectivity index is 1.89.